The fourth-order valence-corrected chi connectivity index (χ4v) is 2.57. The van der Waals surface area contributed by atoms with Gasteiger partial charge in [0.1, 0.15) is 0 Å². The zero-order valence-corrected chi connectivity index (χ0v) is 11.9. The molecule has 0 aliphatic carbocycles. The van der Waals surface area contributed by atoms with E-state index in [1.807, 2.05) is 51.5 Å². The van der Waals surface area contributed by atoms with Crippen LogP contribution in [0.3, 0.4) is 0 Å². The van der Waals surface area contributed by atoms with Gasteiger partial charge < -0.3 is 4.90 Å². The molecular formula is C13H17N3OS. The smallest absolute Gasteiger partial charge is 0.274 e. The number of hydrogen-bond donors (Lipinski definition) is 0. The molecule has 1 amide bonds. The minimum absolute atomic E-state index is 0.0420. The standard InChI is InChI=1S/C13H17N3OS/c1-9-8-11(14-16(9)4)13(17)15(3)10(2)12-6-5-7-18-12/h5-8,10H,1-4H3. The summed E-state index contributed by atoms with van der Waals surface area (Å²) >= 11 is 1.66. The lowest BCUT2D eigenvalue weighted by Gasteiger charge is -2.23. The van der Waals surface area contributed by atoms with Gasteiger partial charge in [0.25, 0.3) is 5.91 Å². The molecule has 0 radical (unpaired) electrons. The van der Waals surface area contributed by atoms with E-state index in [1.165, 1.54) is 4.88 Å². The largest absolute Gasteiger partial charge is 0.333 e. The van der Waals surface area contributed by atoms with Crippen LogP contribution in [0.25, 0.3) is 0 Å². The molecule has 0 bridgehead atoms. The van der Waals surface area contributed by atoms with Crippen molar-refractivity contribution in [3.63, 3.8) is 0 Å². The molecular weight excluding hydrogens is 246 g/mol. The summed E-state index contributed by atoms with van der Waals surface area (Å²) in [5.41, 5.74) is 1.48. The highest BCUT2D eigenvalue weighted by molar-refractivity contribution is 7.10. The minimum Gasteiger partial charge on any atom is -0.333 e. The summed E-state index contributed by atoms with van der Waals surface area (Å²) in [7, 11) is 3.66. The first kappa shape index (κ1) is 12.8. The summed E-state index contributed by atoms with van der Waals surface area (Å²) in [5.74, 6) is -0.0420. The van der Waals surface area contributed by atoms with Crippen LogP contribution in [0.5, 0.6) is 0 Å². The van der Waals surface area contributed by atoms with E-state index in [2.05, 4.69) is 5.10 Å². The van der Waals surface area contributed by atoms with Crippen molar-refractivity contribution < 1.29 is 4.79 Å². The van der Waals surface area contributed by atoms with Crippen LogP contribution in [-0.4, -0.2) is 27.6 Å². The first-order valence-corrected chi connectivity index (χ1v) is 6.70. The fraction of sp³-hybridized carbons (Fsp3) is 0.385. The number of carbonyl (C=O) groups excluding carboxylic acids is 1. The Bertz CT molecular complexity index is 525. The van der Waals surface area contributed by atoms with Gasteiger partial charge in [-0.3, -0.25) is 9.48 Å². The van der Waals surface area contributed by atoms with Crippen molar-refractivity contribution in [3.8, 4) is 0 Å². The average molecular weight is 263 g/mol. The van der Waals surface area contributed by atoms with Crippen molar-refractivity contribution in [2.75, 3.05) is 7.05 Å². The number of nitrogens with zero attached hydrogens (tertiary/aromatic N) is 3. The maximum Gasteiger partial charge on any atom is 0.274 e. The van der Waals surface area contributed by atoms with Crippen LogP contribution in [0.1, 0.15) is 34.0 Å². The Kier molecular flexibility index (Phi) is 3.52. The molecule has 2 aromatic rings. The molecule has 0 aliphatic rings. The molecule has 1 atom stereocenters. The predicted molar refractivity (Wildman–Crippen MR) is 72.8 cm³/mol. The SMILES string of the molecule is Cc1cc(C(=O)N(C)C(C)c2cccs2)nn1C. The molecule has 5 heteroatoms. The van der Waals surface area contributed by atoms with E-state index in [1.54, 1.807) is 20.9 Å². The average Bonchev–Trinajstić information content (AvgIpc) is 2.97. The minimum atomic E-state index is -0.0420. The molecule has 0 saturated heterocycles. The number of carbonyl (C=O) groups is 1. The molecule has 18 heavy (non-hydrogen) atoms. The summed E-state index contributed by atoms with van der Waals surface area (Å²) in [6.07, 6.45) is 0. The summed E-state index contributed by atoms with van der Waals surface area (Å²) in [5, 5.41) is 6.25. The van der Waals surface area contributed by atoms with Gasteiger partial charge in [-0.2, -0.15) is 5.10 Å². The highest BCUT2D eigenvalue weighted by atomic mass is 32.1. The Morgan fingerprint density at radius 2 is 2.28 bits per heavy atom. The van der Waals surface area contributed by atoms with Gasteiger partial charge in [-0.25, -0.2) is 0 Å². The zero-order chi connectivity index (χ0) is 13.3. The zero-order valence-electron chi connectivity index (χ0n) is 11.0. The van der Waals surface area contributed by atoms with Crippen molar-refractivity contribution in [1.82, 2.24) is 14.7 Å². The molecule has 0 aliphatic heterocycles. The van der Waals surface area contributed by atoms with Crippen molar-refractivity contribution in [3.05, 3.63) is 39.8 Å². The highest BCUT2D eigenvalue weighted by Gasteiger charge is 2.21. The molecule has 0 fully saturated rings. The molecule has 0 spiro atoms. The monoisotopic (exact) mass is 263 g/mol. The maximum absolute atomic E-state index is 12.3. The molecule has 0 aromatic carbocycles. The fourth-order valence-electron chi connectivity index (χ4n) is 1.74. The number of rotatable bonds is 3. The first-order chi connectivity index (χ1) is 8.50. The van der Waals surface area contributed by atoms with Crippen molar-refractivity contribution in [2.45, 2.75) is 19.9 Å². The second kappa shape index (κ2) is 4.94. The number of hydrogen-bond acceptors (Lipinski definition) is 3. The quantitative estimate of drug-likeness (QED) is 0.853. The van der Waals surface area contributed by atoms with Crippen LogP contribution in [0, 0.1) is 6.92 Å². The van der Waals surface area contributed by atoms with Crippen molar-refractivity contribution in [2.24, 2.45) is 7.05 Å². The molecule has 96 valence electrons. The predicted octanol–water partition coefficient (Wildman–Crippen LogP) is 2.62. The lowest BCUT2D eigenvalue weighted by Crippen LogP contribution is -2.29. The normalized spacial score (nSPS) is 12.4. The van der Waals surface area contributed by atoms with Gasteiger partial charge in [-0.1, -0.05) is 6.07 Å². The third kappa shape index (κ3) is 2.31. The third-order valence-electron chi connectivity index (χ3n) is 3.19. The Labute approximate surface area is 111 Å². The summed E-state index contributed by atoms with van der Waals surface area (Å²) in [4.78, 5) is 15.2. The summed E-state index contributed by atoms with van der Waals surface area (Å²) in [6, 6.07) is 5.93. The Balaban J connectivity index is 2.18. The topological polar surface area (TPSA) is 38.1 Å². The molecule has 1 unspecified atom stereocenters. The van der Waals surface area contributed by atoms with Gasteiger partial charge in [-0.05, 0) is 31.4 Å². The van der Waals surface area contributed by atoms with Gasteiger partial charge in [0, 0.05) is 24.7 Å². The van der Waals surface area contributed by atoms with Gasteiger partial charge >= 0.3 is 0 Å². The molecule has 0 saturated carbocycles. The maximum atomic E-state index is 12.3. The number of aryl methyl sites for hydroxylation is 2. The van der Waals surface area contributed by atoms with E-state index in [0.29, 0.717) is 5.69 Å². The van der Waals surface area contributed by atoms with Crippen LogP contribution in [0.2, 0.25) is 0 Å². The van der Waals surface area contributed by atoms with E-state index in [9.17, 15) is 4.79 Å². The van der Waals surface area contributed by atoms with Crippen molar-refractivity contribution >= 4 is 17.2 Å². The number of thiophene rings is 1. The molecule has 2 aromatic heterocycles. The van der Waals surface area contributed by atoms with E-state index in [4.69, 9.17) is 0 Å². The van der Waals surface area contributed by atoms with Crippen LogP contribution in [0.15, 0.2) is 23.6 Å². The van der Waals surface area contributed by atoms with Gasteiger partial charge in [-0.15, -0.1) is 11.3 Å². The number of amides is 1. The van der Waals surface area contributed by atoms with Gasteiger partial charge in [0.2, 0.25) is 0 Å². The highest BCUT2D eigenvalue weighted by Crippen LogP contribution is 2.24. The van der Waals surface area contributed by atoms with Crippen LogP contribution in [-0.2, 0) is 7.05 Å². The second-order valence-corrected chi connectivity index (χ2v) is 5.38. The Hall–Kier alpha value is -1.62. The second-order valence-electron chi connectivity index (χ2n) is 4.40. The molecule has 0 N–H and O–H groups in total. The number of aromatic nitrogens is 2. The molecule has 2 rings (SSSR count). The lowest BCUT2D eigenvalue weighted by molar-refractivity contribution is 0.0738. The van der Waals surface area contributed by atoms with Crippen LogP contribution >= 0.6 is 11.3 Å². The van der Waals surface area contributed by atoms with Gasteiger partial charge in [0.15, 0.2) is 5.69 Å². The van der Waals surface area contributed by atoms with E-state index < -0.39 is 0 Å². The van der Waals surface area contributed by atoms with Crippen LogP contribution < -0.4 is 0 Å². The Morgan fingerprint density at radius 1 is 1.56 bits per heavy atom. The Morgan fingerprint density at radius 3 is 2.78 bits per heavy atom. The summed E-state index contributed by atoms with van der Waals surface area (Å²) in [6.45, 7) is 3.96. The van der Waals surface area contributed by atoms with E-state index >= 15 is 0 Å². The lowest BCUT2D eigenvalue weighted by atomic mass is 10.2. The van der Waals surface area contributed by atoms with Crippen molar-refractivity contribution in [1.29, 1.82) is 0 Å². The van der Waals surface area contributed by atoms with E-state index in [-0.39, 0.29) is 11.9 Å². The summed E-state index contributed by atoms with van der Waals surface area (Å²) < 4.78 is 1.72. The molecule has 4 nitrogen and oxygen atoms in total. The molecule has 2 heterocycles. The van der Waals surface area contributed by atoms with Crippen LogP contribution in [0.4, 0.5) is 0 Å². The third-order valence-corrected chi connectivity index (χ3v) is 4.23. The van der Waals surface area contributed by atoms with Gasteiger partial charge in [0.05, 0.1) is 6.04 Å². The first-order valence-electron chi connectivity index (χ1n) is 5.82. The van der Waals surface area contributed by atoms with E-state index in [0.717, 1.165) is 5.69 Å².